The minimum absolute atomic E-state index is 0.00181. The highest BCUT2D eigenvalue weighted by atomic mass is 32.2. The summed E-state index contributed by atoms with van der Waals surface area (Å²) >= 11 is 0.772. The van der Waals surface area contributed by atoms with E-state index in [1.165, 1.54) is 0 Å². The largest absolute Gasteiger partial charge is 0.390 e. The molecule has 0 unspecified atom stereocenters. The van der Waals surface area contributed by atoms with Gasteiger partial charge in [0.05, 0.1) is 17.5 Å². The summed E-state index contributed by atoms with van der Waals surface area (Å²) in [4.78, 5) is 21.3. The second kappa shape index (κ2) is 4.35. The van der Waals surface area contributed by atoms with Gasteiger partial charge in [0.2, 0.25) is 5.91 Å². The first-order valence-electron chi connectivity index (χ1n) is 3.46. The molecule has 1 amide bonds. The Morgan fingerprint density at radius 1 is 1.42 bits per heavy atom. The molecule has 0 saturated carbocycles. The number of primary amides is 1. The number of hydrogen-bond donors (Lipinski definition) is 1. The standard InChI is InChI=1S/C7H13NO3S/c1-7(2,3)6(10)11-12-4-5(8)9/h4H2,1-3H3,(H2,8,9). The van der Waals surface area contributed by atoms with E-state index in [1.807, 2.05) is 0 Å². The molecule has 2 N–H and O–H groups in total. The number of carbonyl (C=O) groups excluding carboxylic acids is 2. The summed E-state index contributed by atoms with van der Waals surface area (Å²) in [6, 6.07) is 0. The minimum Gasteiger partial charge on any atom is -0.390 e. The Kier molecular flexibility index (Phi) is 4.09. The maximum absolute atomic E-state index is 11.1. The van der Waals surface area contributed by atoms with E-state index >= 15 is 0 Å². The first-order chi connectivity index (χ1) is 5.34. The molecular formula is C7H13NO3S. The molecule has 0 rings (SSSR count). The first-order valence-corrected chi connectivity index (χ1v) is 4.37. The summed E-state index contributed by atoms with van der Waals surface area (Å²) in [6.07, 6.45) is 0. The van der Waals surface area contributed by atoms with Crippen LogP contribution in [0, 0.1) is 5.41 Å². The SMILES string of the molecule is CC(C)(C)C(=O)OSCC(N)=O. The van der Waals surface area contributed by atoms with Gasteiger partial charge in [0, 0.05) is 0 Å². The van der Waals surface area contributed by atoms with Gasteiger partial charge >= 0.3 is 5.97 Å². The van der Waals surface area contributed by atoms with Crippen LogP contribution >= 0.6 is 12.0 Å². The van der Waals surface area contributed by atoms with Crippen molar-refractivity contribution < 1.29 is 13.8 Å². The van der Waals surface area contributed by atoms with Crippen LogP contribution in [0.3, 0.4) is 0 Å². The van der Waals surface area contributed by atoms with Gasteiger partial charge in [0.15, 0.2) is 0 Å². The molecular weight excluding hydrogens is 178 g/mol. The fraction of sp³-hybridized carbons (Fsp3) is 0.714. The van der Waals surface area contributed by atoms with E-state index in [1.54, 1.807) is 20.8 Å². The molecule has 0 aliphatic rings. The minimum atomic E-state index is -0.537. The number of hydrogen-bond acceptors (Lipinski definition) is 4. The van der Waals surface area contributed by atoms with Crippen molar-refractivity contribution in [3.05, 3.63) is 0 Å². The highest BCUT2D eigenvalue weighted by molar-refractivity contribution is 7.95. The van der Waals surface area contributed by atoms with Crippen LogP contribution in [0.2, 0.25) is 0 Å². The topological polar surface area (TPSA) is 69.4 Å². The van der Waals surface area contributed by atoms with Gasteiger partial charge in [-0.15, -0.1) is 0 Å². The fourth-order valence-corrected chi connectivity index (χ4v) is 0.798. The molecule has 0 heterocycles. The van der Waals surface area contributed by atoms with Crippen LogP contribution < -0.4 is 5.73 Å². The molecule has 70 valence electrons. The molecule has 0 fully saturated rings. The third-order valence-electron chi connectivity index (χ3n) is 0.948. The van der Waals surface area contributed by atoms with E-state index < -0.39 is 11.3 Å². The Hall–Kier alpha value is -0.710. The van der Waals surface area contributed by atoms with Crippen molar-refractivity contribution in [3.63, 3.8) is 0 Å². The molecule has 12 heavy (non-hydrogen) atoms. The van der Waals surface area contributed by atoms with Crippen LogP contribution in [0.4, 0.5) is 0 Å². The zero-order valence-electron chi connectivity index (χ0n) is 7.42. The van der Waals surface area contributed by atoms with Crippen LogP contribution in [0.1, 0.15) is 20.8 Å². The Labute approximate surface area is 76.0 Å². The average molecular weight is 191 g/mol. The van der Waals surface area contributed by atoms with E-state index in [2.05, 4.69) is 0 Å². The molecule has 0 saturated heterocycles. The van der Waals surface area contributed by atoms with E-state index in [0.29, 0.717) is 0 Å². The van der Waals surface area contributed by atoms with Crippen molar-refractivity contribution in [2.75, 3.05) is 5.75 Å². The third kappa shape index (κ3) is 5.01. The Balaban J connectivity index is 3.66. The summed E-state index contributed by atoms with van der Waals surface area (Å²) in [5, 5.41) is 0. The van der Waals surface area contributed by atoms with E-state index in [4.69, 9.17) is 9.92 Å². The lowest BCUT2D eigenvalue weighted by molar-refractivity contribution is -0.141. The van der Waals surface area contributed by atoms with Crippen molar-refractivity contribution in [1.29, 1.82) is 0 Å². The molecule has 0 atom stereocenters. The molecule has 0 aromatic carbocycles. The number of rotatable bonds is 3. The van der Waals surface area contributed by atoms with E-state index in [-0.39, 0.29) is 11.7 Å². The third-order valence-corrected chi connectivity index (χ3v) is 1.62. The fourth-order valence-electron chi connectivity index (χ4n) is 0.266. The van der Waals surface area contributed by atoms with E-state index in [0.717, 1.165) is 12.0 Å². The van der Waals surface area contributed by atoms with Gasteiger partial charge in [-0.2, -0.15) is 0 Å². The Bertz CT molecular complexity index is 186. The molecule has 0 bridgehead atoms. The molecule has 0 spiro atoms. The van der Waals surface area contributed by atoms with Gasteiger partial charge in [0.25, 0.3) is 0 Å². The van der Waals surface area contributed by atoms with Crippen LogP contribution in [0.25, 0.3) is 0 Å². The summed E-state index contributed by atoms with van der Waals surface area (Å²) in [6.45, 7) is 5.21. The zero-order valence-corrected chi connectivity index (χ0v) is 8.23. The van der Waals surface area contributed by atoms with Gasteiger partial charge in [-0.05, 0) is 20.8 Å². The molecule has 0 radical (unpaired) electrons. The highest BCUT2D eigenvalue weighted by Gasteiger charge is 2.23. The molecule has 4 nitrogen and oxygen atoms in total. The summed E-state index contributed by atoms with van der Waals surface area (Å²) in [7, 11) is 0. The smallest absolute Gasteiger partial charge is 0.323 e. The van der Waals surface area contributed by atoms with Crippen molar-refractivity contribution in [3.8, 4) is 0 Å². The van der Waals surface area contributed by atoms with Gasteiger partial charge in [-0.25, -0.2) is 0 Å². The first kappa shape index (κ1) is 11.3. The van der Waals surface area contributed by atoms with Gasteiger partial charge < -0.3 is 9.92 Å². The molecule has 0 aliphatic heterocycles. The Morgan fingerprint density at radius 3 is 2.25 bits per heavy atom. The molecule has 5 heteroatoms. The van der Waals surface area contributed by atoms with Crippen LogP contribution in [-0.4, -0.2) is 17.6 Å². The lowest BCUT2D eigenvalue weighted by atomic mass is 9.98. The average Bonchev–Trinajstić information content (AvgIpc) is 1.84. The maximum Gasteiger partial charge on any atom is 0.323 e. The lowest BCUT2D eigenvalue weighted by Crippen LogP contribution is -2.22. The van der Waals surface area contributed by atoms with Crippen LogP contribution in [0.5, 0.6) is 0 Å². The van der Waals surface area contributed by atoms with Gasteiger partial charge in [0.1, 0.15) is 5.75 Å². The number of nitrogens with two attached hydrogens (primary N) is 1. The van der Waals surface area contributed by atoms with Crippen molar-refractivity contribution in [2.24, 2.45) is 11.1 Å². The van der Waals surface area contributed by atoms with Crippen molar-refractivity contribution >= 4 is 23.9 Å². The predicted molar refractivity (Wildman–Crippen MR) is 47.2 cm³/mol. The van der Waals surface area contributed by atoms with Gasteiger partial charge in [-0.3, -0.25) is 9.59 Å². The van der Waals surface area contributed by atoms with E-state index in [9.17, 15) is 9.59 Å². The van der Waals surface area contributed by atoms with Crippen LogP contribution in [-0.2, 0) is 13.8 Å². The van der Waals surface area contributed by atoms with Crippen molar-refractivity contribution in [2.45, 2.75) is 20.8 Å². The monoisotopic (exact) mass is 191 g/mol. The summed E-state index contributed by atoms with van der Waals surface area (Å²) in [5.41, 5.74) is 4.30. The van der Waals surface area contributed by atoms with Gasteiger partial charge in [-0.1, -0.05) is 0 Å². The highest BCUT2D eigenvalue weighted by Crippen LogP contribution is 2.18. The quantitative estimate of drug-likeness (QED) is 0.667. The second-order valence-corrected chi connectivity index (χ2v) is 4.04. The summed E-state index contributed by atoms with van der Waals surface area (Å²) < 4.78 is 4.69. The normalized spacial score (nSPS) is 10.9. The van der Waals surface area contributed by atoms with Crippen LogP contribution in [0.15, 0.2) is 0 Å². The molecule has 0 aliphatic carbocycles. The number of carbonyl (C=O) groups is 2. The Morgan fingerprint density at radius 2 is 1.92 bits per heavy atom. The summed E-state index contributed by atoms with van der Waals surface area (Å²) in [5.74, 6) is -0.850. The van der Waals surface area contributed by atoms with Crippen molar-refractivity contribution in [1.82, 2.24) is 0 Å². The predicted octanol–water partition coefficient (Wildman–Crippen LogP) is 0.709. The molecule has 0 aromatic heterocycles. The zero-order chi connectivity index (χ0) is 9.78. The number of amides is 1. The maximum atomic E-state index is 11.1. The molecule has 0 aromatic rings. The lowest BCUT2D eigenvalue weighted by Gasteiger charge is -2.14. The second-order valence-electron chi connectivity index (χ2n) is 3.35.